The van der Waals surface area contributed by atoms with Gasteiger partial charge in [0, 0.05) is 10.6 Å². The summed E-state index contributed by atoms with van der Waals surface area (Å²) in [5.74, 6) is -0.0271. The van der Waals surface area contributed by atoms with Crippen molar-refractivity contribution >= 4 is 35.0 Å². The third kappa shape index (κ3) is 4.53. The van der Waals surface area contributed by atoms with E-state index in [-0.39, 0.29) is 18.8 Å². The summed E-state index contributed by atoms with van der Waals surface area (Å²) < 4.78 is 12.7. The Morgan fingerprint density at radius 2 is 2.00 bits per heavy atom. The molecule has 1 aliphatic rings. The minimum Gasteiger partial charge on any atom is -0.478 e. The number of benzene rings is 2. The quantitative estimate of drug-likeness (QED) is 0.491. The molecule has 0 saturated heterocycles. The molecule has 2 aromatic carbocycles. The maximum atomic E-state index is 13.6. The molecule has 1 aliphatic heterocycles. The highest BCUT2D eigenvalue weighted by molar-refractivity contribution is 7.07. The highest BCUT2D eigenvalue weighted by atomic mass is 35.5. The van der Waals surface area contributed by atoms with Crippen LogP contribution in [0.25, 0.3) is 6.08 Å². The highest BCUT2D eigenvalue weighted by Gasteiger charge is 2.33. The Balaban J connectivity index is 1.93. The van der Waals surface area contributed by atoms with Crippen molar-refractivity contribution < 1.29 is 14.3 Å². The van der Waals surface area contributed by atoms with Gasteiger partial charge in [0.15, 0.2) is 11.4 Å². The number of carbonyl (C=O) groups excluding carboxylic acids is 1. The predicted molar refractivity (Wildman–Crippen MR) is 129 cm³/mol. The number of rotatable bonds is 6. The van der Waals surface area contributed by atoms with Crippen LogP contribution in [0.2, 0.25) is 5.02 Å². The van der Waals surface area contributed by atoms with Gasteiger partial charge in [-0.1, -0.05) is 53.3 Å². The molecule has 0 bridgehead atoms. The van der Waals surface area contributed by atoms with Gasteiger partial charge in [-0.15, -0.1) is 0 Å². The van der Waals surface area contributed by atoms with Crippen LogP contribution < -0.4 is 19.6 Å². The van der Waals surface area contributed by atoms with E-state index in [4.69, 9.17) is 26.3 Å². The van der Waals surface area contributed by atoms with Crippen molar-refractivity contribution in [2.45, 2.75) is 19.9 Å². The second-order valence-electron chi connectivity index (χ2n) is 7.34. The average molecular weight is 494 g/mol. The minimum atomic E-state index is -0.709. The first-order valence-electron chi connectivity index (χ1n) is 10.5. The summed E-state index contributed by atoms with van der Waals surface area (Å²) in [4.78, 5) is 31.5. The molecule has 0 unspecified atom stereocenters. The number of carbonyl (C=O) groups is 1. The van der Waals surface area contributed by atoms with Gasteiger partial charge in [0.25, 0.3) is 5.56 Å². The SMILES string of the molecule is CCOC(=O)C1=C(C)N=c2s/c(=C\c3ccccc3OCC#N)c(=O)n2[C@H]1c1ccc(Cl)cc1. The Bertz CT molecular complexity index is 1500. The van der Waals surface area contributed by atoms with Gasteiger partial charge in [-0.25, -0.2) is 9.79 Å². The van der Waals surface area contributed by atoms with Crippen LogP contribution in [-0.2, 0) is 9.53 Å². The third-order valence-electron chi connectivity index (χ3n) is 5.20. The van der Waals surface area contributed by atoms with Crippen molar-refractivity contribution in [2.24, 2.45) is 4.99 Å². The summed E-state index contributed by atoms with van der Waals surface area (Å²) in [7, 11) is 0. The lowest BCUT2D eigenvalue weighted by Crippen LogP contribution is -2.39. The number of fused-ring (bicyclic) bond motifs is 1. The van der Waals surface area contributed by atoms with Gasteiger partial charge in [-0.2, -0.15) is 5.26 Å². The van der Waals surface area contributed by atoms with Crippen LogP contribution in [0.1, 0.15) is 31.0 Å². The zero-order chi connectivity index (χ0) is 24.2. The van der Waals surface area contributed by atoms with Gasteiger partial charge in [0.1, 0.15) is 11.8 Å². The molecule has 9 heteroatoms. The van der Waals surface area contributed by atoms with Gasteiger partial charge >= 0.3 is 5.97 Å². The second kappa shape index (κ2) is 10.1. The van der Waals surface area contributed by atoms with Gasteiger partial charge in [-0.3, -0.25) is 9.36 Å². The molecule has 3 aromatic rings. The van der Waals surface area contributed by atoms with Crippen molar-refractivity contribution in [2.75, 3.05) is 13.2 Å². The van der Waals surface area contributed by atoms with E-state index < -0.39 is 12.0 Å². The number of esters is 1. The van der Waals surface area contributed by atoms with Crippen molar-refractivity contribution in [3.63, 3.8) is 0 Å². The molecule has 7 nitrogen and oxygen atoms in total. The second-order valence-corrected chi connectivity index (χ2v) is 8.78. The number of hydrogen-bond acceptors (Lipinski definition) is 7. The summed E-state index contributed by atoms with van der Waals surface area (Å²) in [5.41, 5.74) is 1.87. The number of thiazole rings is 1. The molecule has 0 N–H and O–H groups in total. The smallest absolute Gasteiger partial charge is 0.338 e. The Morgan fingerprint density at radius 1 is 1.26 bits per heavy atom. The fourth-order valence-electron chi connectivity index (χ4n) is 3.73. The number of hydrogen-bond donors (Lipinski definition) is 0. The van der Waals surface area contributed by atoms with E-state index in [9.17, 15) is 9.59 Å². The van der Waals surface area contributed by atoms with E-state index in [1.54, 1.807) is 62.4 Å². The fraction of sp³-hybridized carbons (Fsp3) is 0.200. The molecule has 0 aliphatic carbocycles. The predicted octanol–water partition coefficient (Wildman–Crippen LogP) is 3.35. The van der Waals surface area contributed by atoms with Crippen LogP contribution >= 0.6 is 22.9 Å². The molecule has 4 rings (SSSR count). The van der Waals surface area contributed by atoms with Gasteiger partial charge in [0.2, 0.25) is 0 Å². The Kier molecular flexibility index (Phi) is 6.96. The lowest BCUT2D eigenvalue weighted by atomic mass is 9.96. The molecule has 0 spiro atoms. The van der Waals surface area contributed by atoms with Crippen molar-refractivity contribution in [3.05, 3.63) is 95.6 Å². The van der Waals surface area contributed by atoms with Crippen molar-refractivity contribution in [3.8, 4) is 11.8 Å². The van der Waals surface area contributed by atoms with Crippen LogP contribution in [0, 0.1) is 11.3 Å². The molecular formula is C25H20ClN3O4S. The summed E-state index contributed by atoms with van der Waals surface area (Å²) in [5, 5.41) is 9.40. The summed E-state index contributed by atoms with van der Waals surface area (Å²) in [6.07, 6.45) is 1.71. The summed E-state index contributed by atoms with van der Waals surface area (Å²) >= 11 is 7.30. The third-order valence-corrected chi connectivity index (χ3v) is 6.44. The van der Waals surface area contributed by atoms with E-state index >= 15 is 0 Å². The molecule has 34 heavy (non-hydrogen) atoms. The number of para-hydroxylation sites is 1. The molecule has 0 amide bonds. The number of allylic oxidation sites excluding steroid dienone is 1. The number of nitrogens with zero attached hydrogens (tertiary/aromatic N) is 3. The molecule has 0 radical (unpaired) electrons. The number of aromatic nitrogens is 1. The number of halogens is 1. The van der Waals surface area contributed by atoms with Gasteiger partial charge < -0.3 is 9.47 Å². The summed E-state index contributed by atoms with van der Waals surface area (Å²) in [6, 6.07) is 15.4. The Hall–Kier alpha value is -3.67. The first kappa shape index (κ1) is 23.5. The zero-order valence-electron chi connectivity index (χ0n) is 18.4. The van der Waals surface area contributed by atoms with E-state index in [1.807, 2.05) is 12.1 Å². The monoisotopic (exact) mass is 493 g/mol. The van der Waals surface area contributed by atoms with Crippen LogP contribution in [0.15, 0.2) is 69.6 Å². The molecule has 172 valence electrons. The zero-order valence-corrected chi connectivity index (χ0v) is 20.0. The van der Waals surface area contributed by atoms with E-state index in [1.165, 1.54) is 15.9 Å². The molecule has 0 saturated carbocycles. The topological polar surface area (TPSA) is 93.7 Å². The lowest BCUT2D eigenvalue weighted by molar-refractivity contribution is -0.139. The maximum absolute atomic E-state index is 13.6. The van der Waals surface area contributed by atoms with E-state index in [0.717, 1.165) is 0 Å². The van der Waals surface area contributed by atoms with Crippen LogP contribution in [0.3, 0.4) is 0 Å². The largest absolute Gasteiger partial charge is 0.478 e. The fourth-order valence-corrected chi connectivity index (χ4v) is 4.90. The molecular weight excluding hydrogens is 474 g/mol. The molecule has 2 heterocycles. The highest BCUT2D eigenvalue weighted by Crippen LogP contribution is 2.31. The normalized spacial score (nSPS) is 15.4. The van der Waals surface area contributed by atoms with Crippen molar-refractivity contribution in [1.29, 1.82) is 5.26 Å². The molecule has 0 fully saturated rings. The first-order valence-corrected chi connectivity index (χ1v) is 11.7. The van der Waals surface area contributed by atoms with Crippen LogP contribution in [-0.4, -0.2) is 23.8 Å². The van der Waals surface area contributed by atoms with E-state index in [0.29, 0.717) is 42.5 Å². The molecule has 1 aromatic heterocycles. The number of nitriles is 1. The summed E-state index contributed by atoms with van der Waals surface area (Å²) in [6.45, 7) is 3.56. The Morgan fingerprint density at radius 3 is 2.71 bits per heavy atom. The Labute approximate surface area is 204 Å². The minimum absolute atomic E-state index is 0.106. The number of ether oxygens (including phenoxy) is 2. The van der Waals surface area contributed by atoms with Crippen molar-refractivity contribution in [1.82, 2.24) is 4.57 Å². The lowest BCUT2D eigenvalue weighted by Gasteiger charge is -2.24. The molecule has 1 atom stereocenters. The first-order chi connectivity index (χ1) is 16.4. The van der Waals surface area contributed by atoms with Gasteiger partial charge in [0.05, 0.1) is 28.5 Å². The van der Waals surface area contributed by atoms with Crippen LogP contribution in [0.5, 0.6) is 5.75 Å². The average Bonchev–Trinajstić information content (AvgIpc) is 3.12. The van der Waals surface area contributed by atoms with Crippen LogP contribution in [0.4, 0.5) is 0 Å². The maximum Gasteiger partial charge on any atom is 0.338 e. The van der Waals surface area contributed by atoms with Gasteiger partial charge in [-0.05, 0) is 43.7 Å². The standard InChI is InChI=1S/C25H20ClN3O4S/c1-3-32-24(31)21-15(2)28-25-29(22(21)16-8-10-18(26)11-9-16)23(30)20(34-25)14-17-6-4-5-7-19(17)33-13-12-27/h4-11,14,22H,3,13H2,1-2H3/b20-14-/t22-/m0/s1. The van der Waals surface area contributed by atoms with E-state index in [2.05, 4.69) is 4.99 Å².